The van der Waals surface area contributed by atoms with Gasteiger partial charge in [-0.25, -0.2) is 13.2 Å². The first kappa shape index (κ1) is 22.4. The minimum absolute atomic E-state index is 0.0877. The zero-order valence-corrected chi connectivity index (χ0v) is 18.3. The molecule has 7 heteroatoms. The second-order valence-corrected chi connectivity index (χ2v) is 8.69. The van der Waals surface area contributed by atoms with E-state index in [0.29, 0.717) is 11.4 Å². The van der Waals surface area contributed by atoms with Crippen molar-refractivity contribution < 1.29 is 22.7 Å². The summed E-state index contributed by atoms with van der Waals surface area (Å²) in [6, 6.07) is 22.2. The van der Waals surface area contributed by atoms with E-state index in [1.807, 2.05) is 37.3 Å². The molecular weight excluding hydrogens is 414 g/mol. The van der Waals surface area contributed by atoms with Gasteiger partial charge in [-0.2, -0.15) is 0 Å². The number of anilines is 1. The van der Waals surface area contributed by atoms with Gasteiger partial charge in [-0.1, -0.05) is 35.9 Å². The molecular formula is C24H25NO5S. The Hall–Kier alpha value is -3.32. The number of para-hydroxylation sites is 1. The number of carbonyl (C=O) groups is 1. The predicted octanol–water partition coefficient (Wildman–Crippen LogP) is 4.45. The quantitative estimate of drug-likeness (QED) is 0.364. The summed E-state index contributed by atoms with van der Waals surface area (Å²) in [7, 11) is -3.74. The van der Waals surface area contributed by atoms with Crippen LogP contribution in [-0.4, -0.2) is 34.1 Å². The second kappa shape index (κ2) is 10.1. The number of benzene rings is 3. The molecule has 0 amide bonds. The van der Waals surface area contributed by atoms with Crippen LogP contribution in [0.3, 0.4) is 0 Å². The zero-order chi connectivity index (χ0) is 22.3. The minimum Gasteiger partial charge on any atom is -0.490 e. The molecule has 162 valence electrons. The number of hydrogen-bond donors (Lipinski definition) is 0. The summed E-state index contributed by atoms with van der Waals surface area (Å²) in [5.74, 6) is 0.168. The number of hydrogen-bond acceptors (Lipinski definition) is 5. The van der Waals surface area contributed by atoms with Crippen LogP contribution in [0.2, 0.25) is 0 Å². The molecule has 3 aromatic rings. The summed E-state index contributed by atoms with van der Waals surface area (Å²) in [4.78, 5) is 12.3. The fraction of sp³-hybridized carbons (Fsp3) is 0.208. The molecule has 0 fully saturated rings. The van der Waals surface area contributed by atoms with E-state index in [9.17, 15) is 13.2 Å². The van der Waals surface area contributed by atoms with Gasteiger partial charge in [-0.3, -0.25) is 4.31 Å². The third-order valence-corrected chi connectivity index (χ3v) is 6.53. The smallest absolute Gasteiger partial charge is 0.338 e. The highest BCUT2D eigenvalue weighted by molar-refractivity contribution is 7.92. The van der Waals surface area contributed by atoms with Crippen LogP contribution in [0.15, 0.2) is 83.8 Å². The van der Waals surface area contributed by atoms with E-state index in [0.717, 1.165) is 5.56 Å². The number of esters is 1. The third kappa shape index (κ3) is 5.64. The fourth-order valence-corrected chi connectivity index (χ4v) is 4.46. The van der Waals surface area contributed by atoms with E-state index in [2.05, 4.69) is 0 Å². The second-order valence-electron chi connectivity index (χ2n) is 6.83. The van der Waals surface area contributed by atoms with Crippen LogP contribution < -0.4 is 9.04 Å². The van der Waals surface area contributed by atoms with Gasteiger partial charge in [0.15, 0.2) is 0 Å². The first-order chi connectivity index (χ1) is 14.9. The molecule has 0 unspecified atom stereocenters. The SMILES string of the molecule is CCN(c1ccccc1)S(=O)(=O)c1ccc(C(=O)OCCOc2ccc(C)cc2)cc1. The van der Waals surface area contributed by atoms with Gasteiger partial charge in [0.25, 0.3) is 10.0 Å². The van der Waals surface area contributed by atoms with E-state index >= 15 is 0 Å². The van der Waals surface area contributed by atoms with Crippen molar-refractivity contribution in [2.45, 2.75) is 18.7 Å². The van der Waals surface area contributed by atoms with Crippen molar-refractivity contribution in [3.63, 3.8) is 0 Å². The van der Waals surface area contributed by atoms with Gasteiger partial charge in [-0.15, -0.1) is 0 Å². The molecule has 0 aliphatic rings. The first-order valence-electron chi connectivity index (χ1n) is 9.96. The Kier molecular flexibility index (Phi) is 7.31. The summed E-state index contributed by atoms with van der Waals surface area (Å²) in [5, 5.41) is 0. The summed E-state index contributed by atoms with van der Waals surface area (Å²) >= 11 is 0. The molecule has 0 radical (unpaired) electrons. The summed E-state index contributed by atoms with van der Waals surface area (Å²) in [6.45, 7) is 4.36. The Morgan fingerprint density at radius 1 is 0.871 bits per heavy atom. The van der Waals surface area contributed by atoms with Gasteiger partial charge < -0.3 is 9.47 Å². The van der Waals surface area contributed by atoms with Crippen LogP contribution in [0.25, 0.3) is 0 Å². The lowest BCUT2D eigenvalue weighted by Gasteiger charge is -2.22. The van der Waals surface area contributed by atoms with E-state index < -0.39 is 16.0 Å². The normalized spacial score (nSPS) is 11.0. The largest absolute Gasteiger partial charge is 0.490 e. The summed E-state index contributed by atoms with van der Waals surface area (Å²) in [6.07, 6.45) is 0. The van der Waals surface area contributed by atoms with Gasteiger partial charge >= 0.3 is 5.97 Å². The molecule has 0 aromatic heterocycles. The fourth-order valence-electron chi connectivity index (χ4n) is 2.99. The molecule has 0 heterocycles. The van der Waals surface area contributed by atoms with E-state index in [1.54, 1.807) is 31.2 Å². The number of ether oxygens (including phenoxy) is 2. The van der Waals surface area contributed by atoms with Gasteiger partial charge in [-0.05, 0) is 62.4 Å². The van der Waals surface area contributed by atoms with Gasteiger partial charge in [0, 0.05) is 6.54 Å². The molecule has 31 heavy (non-hydrogen) atoms. The Morgan fingerprint density at radius 3 is 2.13 bits per heavy atom. The van der Waals surface area contributed by atoms with Crippen molar-refractivity contribution in [1.82, 2.24) is 0 Å². The number of nitrogens with zero attached hydrogens (tertiary/aromatic N) is 1. The number of sulfonamides is 1. The summed E-state index contributed by atoms with van der Waals surface area (Å²) in [5.41, 5.74) is 1.99. The van der Waals surface area contributed by atoms with Crippen molar-refractivity contribution in [3.05, 3.63) is 90.0 Å². The van der Waals surface area contributed by atoms with Crippen molar-refractivity contribution in [2.24, 2.45) is 0 Å². The maximum absolute atomic E-state index is 13.0. The predicted molar refractivity (Wildman–Crippen MR) is 120 cm³/mol. The lowest BCUT2D eigenvalue weighted by molar-refractivity contribution is 0.0450. The van der Waals surface area contributed by atoms with Gasteiger partial charge in [0.2, 0.25) is 0 Å². The molecule has 6 nitrogen and oxygen atoms in total. The molecule has 0 atom stereocenters. The maximum Gasteiger partial charge on any atom is 0.338 e. The van der Waals surface area contributed by atoms with Crippen LogP contribution in [0, 0.1) is 6.92 Å². The Labute approximate surface area is 183 Å². The first-order valence-corrected chi connectivity index (χ1v) is 11.4. The molecule has 0 saturated heterocycles. The van der Waals surface area contributed by atoms with Crippen LogP contribution in [0.5, 0.6) is 5.75 Å². The molecule has 0 aliphatic carbocycles. The Balaban J connectivity index is 1.59. The van der Waals surface area contributed by atoms with E-state index in [1.165, 1.54) is 28.6 Å². The molecule has 0 aliphatic heterocycles. The summed E-state index contributed by atoms with van der Waals surface area (Å²) < 4.78 is 38.1. The van der Waals surface area contributed by atoms with Crippen molar-refractivity contribution in [1.29, 1.82) is 0 Å². The lowest BCUT2D eigenvalue weighted by Crippen LogP contribution is -2.30. The average Bonchev–Trinajstić information content (AvgIpc) is 2.79. The van der Waals surface area contributed by atoms with Crippen molar-refractivity contribution in [3.8, 4) is 5.75 Å². The number of aryl methyl sites for hydroxylation is 1. The topological polar surface area (TPSA) is 72.9 Å². The lowest BCUT2D eigenvalue weighted by atomic mass is 10.2. The standard InChI is InChI=1S/C24H25NO5S/c1-3-25(21-7-5-4-6-8-21)31(27,28)23-15-11-20(12-16-23)24(26)30-18-17-29-22-13-9-19(2)10-14-22/h4-16H,3,17-18H2,1-2H3. The Morgan fingerprint density at radius 2 is 1.52 bits per heavy atom. The van der Waals surface area contributed by atoms with E-state index in [4.69, 9.17) is 9.47 Å². The highest BCUT2D eigenvalue weighted by Gasteiger charge is 2.23. The Bertz CT molecular complexity index is 1090. The number of rotatable bonds is 9. The van der Waals surface area contributed by atoms with Crippen LogP contribution >= 0.6 is 0 Å². The molecule has 0 bridgehead atoms. The van der Waals surface area contributed by atoms with Crippen LogP contribution in [0.4, 0.5) is 5.69 Å². The van der Waals surface area contributed by atoms with Gasteiger partial charge in [0.05, 0.1) is 16.1 Å². The molecule has 0 spiro atoms. The molecule has 0 N–H and O–H groups in total. The monoisotopic (exact) mass is 439 g/mol. The zero-order valence-electron chi connectivity index (χ0n) is 17.5. The molecule has 3 rings (SSSR count). The van der Waals surface area contributed by atoms with Crippen molar-refractivity contribution in [2.75, 3.05) is 24.1 Å². The highest BCUT2D eigenvalue weighted by atomic mass is 32.2. The van der Waals surface area contributed by atoms with Crippen LogP contribution in [0.1, 0.15) is 22.8 Å². The van der Waals surface area contributed by atoms with E-state index in [-0.39, 0.29) is 30.2 Å². The van der Waals surface area contributed by atoms with Gasteiger partial charge in [0.1, 0.15) is 19.0 Å². The third-order valence-electron chi connectivity index (χ3n) is 4.62. The van der Waals surface area contributed by atoms with Crippen molar-refractivity contribution >= 4 is 21.7 Å². The minimum atomic E-state index is -3.74. The molecule has 0 saturated carbocycles. The molecule has 3 aromatic carbocycles. The maximum atomic E-state index is 13.0. The van der Waals surface area contributed by atoms with Crippen LogP contribution in [-0.2, 0) is 14.8 Å². The average molecular weight is 440 g/mol. The highest BCUT2D eigenvalue weighted by Crippen LogP contribution is 2.23. The number of carbonyl (C=O) groups excluding carboxylic acids is 1.